The molecule has 4 heteroatoms. The minimum Gasteiger partial charge on any atom is -0.235 e. The maximum atomic E-state index is 4.74. The van der Waals surface area contributed by atoms with Gasteiger partial charge in [-0.15, -0.1) is 0 Å². The van der Waals surface area contributed by atoms with Gasteiger partial charge in [0, 0.05) is 16.0 Å². The first-order valence-electron chi connectivity index (χ1n) is 5.30. The first kappa shape index (κ1) is 12.5. The highest BCUT2D eigenvalue weighted by Crippen LogP contribution is 2.34. The molecule has 1 fully saturated rings. The van der Waals surface area contributed by atoms with Crippen molar-refractivity contribution < 1.29 is 0 Å². The van der Waals surface area contributed by atoms with Gasteiger partial charge in [-0.25, -0.2) is 4.99 Å². The van der Waals surface area contributed by atoms with Crippen molar-refractivity contribution in [1.82, 2.24) is 0 Å². The van der Waals surface area contributed by atoms with E-state index in [1.165, 1.54) is 21.4 Å². The highest BCUT2D eigenvalue weighted by Gasteiger charge is 2.12. The Morgan fingerprint density at radius 2 is 1.94 bits per heavy atom. The summed E-state index contributed by atoms with van der Waals surface area (Å²) in [6.07, 6.45) is 0. The van der Waals surface area contributed by atoms with Crippen LogP contribution in [0.15, 0.2) is 27.7 Å². The maximum absolute atomic E-state index is 4.74. The van der Waals surface area contributed by atoms with Gasteiger partial charge in [0.05, 0.1) is 5.69 Å². The van der Waals surface area contributed by atoms with Crippen LogP contribution < -0.4 is 0 Å². The molecule has 1 nitrogen and oxygen atoms in total. The Morgan fingerprint density at radius 1 is 1.25 bits per heavy atom. The summed E-state index contributed by atoms with van der Waals surface area (Å²) in [5.74, 6) is 2.89. The van der Waals surface area contributed by atoms with Crippen LogP contribution in [0.5, 0.6) is 0 Å². The van der Waals surface area contributed by atoms with Gasteiger partial charge in [-0.3, -0.25) is 0 Å². The first-order chi connectivity index (χ1) is 7.66. The number of aliphatic imine (C=N–C) groups is 1. The van der Waals surface area contributed by atoms with Crippen molar-refractivity contribution in [3.8, 4) is 0 Å². The van der Waals surface area contributed by atoms with E-state index in [4.69, 9.17) is 4.99 Å². The van der Waals surface area contributed by atoms with Gasteiger partial charge in [0.1, 0.15) is 4.38 Å². The summed E-state index contributed by atoms with van der Waals surface area (Å²) in [5.41, 5.74) is 2.44. The molecule has 1 aromatic carbocycles. The lowest BCUT2D eigenvalue weighted by Crippen LogP contribution is -1.89. The summed E-state index contributed by atoms with van der Waals surface area (Å²) in [6.45, 7) is 4.42. The SMILES string of the molecule is CC(C)c1cc(Br)ccc1N=C1SCCS1. The summed E-state index contributed by atoms with van der Waals surface area (Å²) < 4.78 is 2.34. The van der Waals surface area contributed by atoms with Crippen LogP contribution in [0.25, 0.3) is 0 Å². The molecule has 1 aliphatic heterocycles. The van der Waals surface area contributed by atoms with Crippen molar-refractivity contribution in [3.63, 3.8) is 0 Å². The minimum absolute atomic E-state index is 0.508. The third-order valence-corrected chi connectivity index (χ3v) is 5.31. The molecule has 0 bridgehead atoms. The molecule has 0 spiro atoms. The highest BCUT2D eigenvalue weighted by atomic mass is 79.9. The van der Waals surface area contributed by atoms with Crippen LogP contribution in [0, 0.1) is 0 Å². The van der Waals surface area contributed by atoms with Gasteiger partial charge in [0.15, 0.2) is 0 Å². The lowest BCUT2D eigenvalue weighted by Gasteiger charge is -2.10. The van der Waals surface area contributed by atoms with E-state index in [1.54, 1.807) is 0 Å². The number of hydrogen-bond acceptors (Lipinski definition) is 3. The summed E-state index contributed by atoms with van der Waals surface area (Å²) >= 11 is 7.24. The molecule has 16 heavy (non-hydrogen) atoms. The summed E-state index contributed by atoms with van der Waals surface area (Å²) in [4.78, 5) is 4.74. The molecule has 86 valence electrons. The molecule has 1 aliphatic rings. The smallest absolute Gasteiger partial charge is 0.130 e. The molecule has 2 rings (SSSR count). The van der Waals surface area contributed by atoms with Gasteiger partial charge in [-0.2, -0.15) is 0 Å². The normalized spacial score (nSPS) is 15.9. The Kier molecular flexibility index (Phi) is 4.39. The topological polar surface area (TPSA) is 12.4 Å². The number of thioether (sulfide) groups is 2. The van der Waals surface area contributed by atoms with Gasteiger partial charge in [0.2, 0.25) is 0 Å². The van der Waals surface area contributed by atoms with Gasteiger partial charge < -0.3 is 0 Å². The zero-order valence-corrected chi connectivity index (χ0v) is 12.6. The fourth-order valence-corrected chi connectivity index (χ4v) is 4.11. The first-order valence-corrected chi connectivity index (χ1v) is 8.07. The van der Waals surface area contributed by atoms with Crippen molar-refractivity contribution in [3.05, 3.63) is 28.2 Å². The number of benzene rings is 1. The van der Waals surface area contributed by atoms with Crippen LogP contribution in [0.3, 0.4) is 0 Å². The fourth-order valence-electron chi connectivity index (χ4n) is 1.55. The summed E-state index contributed by atoms with van der Waals surface area (Å²) in [5, 5.41) is 0. The summed E-state index contributed by atoms with van der Waals surface area (Å²) in [6, 6.07) is 6.34. The van der Waals surface area contributed by atoms with Gasteiger partial charge >= 0.3 is 0 Å². The fraction of sp³-hybridized carbons (Fsp3) is 0.417. The van der Waals surface area contributed by atoms with Crippen LogP contribution in [0.2, 0.25) is 0 Å². The number of rotatable bonds is 2. The van der Waals surface area contributed by atoms with Crippen LogP contribution in [0.4, 0.5) is 5.69 Å². The van der Waals surface area contributed by atoms with Crippen LogP contribution in [-0.2, 0) is 0 Å². The second-order valence-corrected chi connectivity index (χ2v) is 7.27. The van der Waals surface area contributed by atoms with Gasteiger partial charge in [0.25, 0.3) is 0 Å². The quantitative estimate of drug-likeness (QED) is 0.758. The lowest BCUT2D eigenvalue weighted by molar-refractivity contribution is 0.866. The lowest BCUT2D eigenvalue weighted by atomic mass is 10.0. The van der Waals surface area contributed by atoms with E-state index >= 15 is 0 Å². The molecule has 0 unspecified atom stereocenters. The second kappa shape index (κ2) is 5.61. The zero-order chi connectivity index (χ0) is 11.5. The van der Waals surface area contributed by atoms with E-state index < -0.39 is 0 Å². The van der Waals surface area contributed by atoms with E-state index in [9.17, 15) is 0 Å². The van der Waals surface area contributed by atoms with Crippen molar-refractivity contribution in [2.24, 2.45) is 4.99 Å². The molecule has 0 amide bonds. The van der Waals surface area contributed by atoms with Gasteiger partial charge in [-0.05, 0) is 29.7 Å². The highest BCUT2D eigenvalue weighted by molar-refractivity contribution is 9.10. The third-order valence-electron chi connectivity index (χ3n) is 2.36. The molecule has 1 heterocycles. The van der Waals surface area contributed by atoms with Crippen molar-refractivity contribution >= 4 is 49.5 Å². The Bertz CT molecular complexity index is 407. The Balaban J connectivity index is 2.35. The van der Waals surface area contributed by atoms with E-state index in [0.29, 0.717) is 5.92 Å². The predicted molar refractivity (Wildman–Crippen MR) is 80.2 cm³/mol. The Hall–Kier alpha value is 0.0700. The molecule has 1 saturated heterocycles. The molecule has 0 radical (unpaired) electrons. The van der Waals surface area contributed by atoms with E-state index in [2.05, 4.69) is 48.0 Å². The largest absolute Gasteiger partial charge is 0.235 e. The average Bonchev–Trinajstić information content (AvgIpc) is 2.73. The third kappa shape index (κ3) is 3.05. The molecule has 0 aromatic heterocycles. The zero-order valence-electron chi connectivity index (χ0n) is 9.37. The predicted octanol–water partition coefficient (Wildman–Crippen LogP) is 5.04. The standard InChI is InChI=1S/C12H14BrNS2/c1-8(2)10-7-9(13)3-4-11(10)14-12-15-5-6-16-12/h3-4,7-8H,5-6H2,1-2H3. The molecule has 0 saturated carbocycles. The molecule has 0 aliphatic carbocycles. The number of hydrogen-bond donors (Lipinski definition) is 0. The Labute approximate surface area is 114 Å². The van der Waals surface area contributed by atoms with Crippen molar-refractivity contribution in [1.29, 1.82) is 0 Å². The van der Waals surface area contributed by atoms with Crippen molar-refractivity contribution in [2.75, 3.05) is 11.5 Å². The molecular weight excluding hydrogens is 302 g/mol. The molecule has 1 aromatic rings. The monoisotopic (exact) mass is 315 g/mol. The second-order valence-electron chi connectivity index (χ2n) is 3.93. The molecular formula is C12H14BrNS2. The molecule has 0 atom stereocenters. The summed E-state index contributed by atoms with van der Waals surface area (Å²) in [7, 11) is 0. The van der Waals surface area contributed by atoms with Crippen LogP contribution in [0.1, 0.15) is 25.3 Å². The maximum Gasteiger partial charge on any atom is 0.130 e. The van der Waals surface area contributed by atoms with E-state index in [0.717, 1.165) is 10.2 Å². The van der Waals surface area contributed by atoms with E-state index in [1.807, 2.05) is 23.5 Å². The van der Waals surface area contributed by atoms with Crippen molar-refractivity contribution in [2.45, 2.75) is 19.8 Å². The van der Waals surface area contributed by atoms with E-state index in [-0.39, 0.29) is 0 Å². The van der Waals surface area contributed by atoms with Crippen LogP contribution >= 0.6 is 39.5 Å². The number of nitrogens with zero attached hydrogens (tertiary/aromatic N) is 1. The molecule has 0 N–H and O–H groups in total. The van der Waals surface area contributed by atoms with Crippen LogP contribution in [-0.4, -0.2) is 15.9 Å². The van der Waals surface area contributed by atoms with Gasteiger partial charge in [-0.1, -0.05) is 53.3 Å². The minimum atomic E-state index is 0.508. The Morgan fingerprint density at radius 3 is 2.56 bits per heavy atom. The average molecular weight is 316 g/mol. The number of halogens is 1.